The molecular weight excluding hydrogens is 230 g/mol. The van der Waals surface area contributed by atoms with E-state index >= 15 is 0 Å². The van der Waals surface area contributed by atoms with Crippen molar-refractivity contribution >= 4 is 0 Å². The lowest BCUT2D eigenvalue weighted by Gasteiger charge is -2.22. The maximum atomic E-state index is 5.59. The summed E-state index contributed by atoms with van der Waals surface area (Å²) >= 11 is 0. The van der Waals surface area contributed by atoms with Gasteiger partial charge in [0.05, 0.1) is 0 Å². The third kappa shape index (κ3) is 4.38. The van der Waals surface area contributed by atoms with Gasteiger partial charge in [0.25, 0.3) is 0 Å². The third-order valence-corrected chi connectivity index (χ3v) is 3.23. The Hall–Kier alpha value is -0.940. The number of aromatic nitrogens is 2. The summed E-state index contributed by atoms with van der Waals surface area (Å²) < 4.78 is 10.7. The van der Waals surface area contributed by atoms with Gasteiger partial charge in [0.15, 0.2) is 5.82 Å². The number of rotatable bonds is 7. The molecule has 1 fully saturated rings. The molecule has 18 heavy (non-hydrogen) atoms. The zero-order valence-corrected chi connectivity index (χ0v) is 11.2. The van der Waals surface area contributed by atoms with Crippen LogP contribution in [0.15, 0.2) is 4.52 Å². The topological polar surface area (TPSA) is 60.2 Å². The first-order valence-corrected chi connectivity index (χ1v) is 7.01. The molecule has 1 N–H and O–H groups in total. The highest BCUT2D eigenvalue weighted by Gasteiger charge is 2.12. The third-order valence-electron chi connectivity index (χ3n) is 3.23. The highest BCUT2D eigenvalue weighted by atomic mass is 16.5. The minimum Gasteiger partial charge on any atom is -0.373 e. The first-order valence-electron chi connectivity index (χ1n) is 7.01. The molecule has 1 unspecified atom stereocenters. The van der Waals surface area contributed by atoms with E-state index in [4.69, 9.17) is 9.26 Å². The van der Waals surface area contributed by atoms with Crippen molar-refractivity contribution in [1.29, 1.82) is 0 Å². The van der Waals surface area contributed by atoms with Crippen molar-refractivity contribution in [3.05, 3.63) is 11.7 Å². The number of ether oxygens (including phenoxy) is 1. The van der Waals surface area contributed by atoms with Crippen LogP contribution in [0.2, 0.25) is 0 Å². The lowest BCUT2D eigenvalue weighted by molar-refractivity contribution is 0.102. The van der Waals surface area contributed by atoms with E-state index in [1.807, 2.05) is 0 Å². The Morgan fingerprint density at radius 3 is 3.17 bits per heavy atom. The molecule has 0 spiro atoms. The molecule has 1 aliphatic heterocycles. The molecule has 0 aromatic carbocycles. The number of piperidine rings is 1. The highest BCUT2D eigenvalue weighted by Crippen LogP contribution is 2.10. The first kappa shape index (κ1) is 13.5. The van der Waals surface area contributed by atoms with E-state index in [0.717, 1.165) is 32.4 Å². The first-order chi connectivity index (χ1) is 8.88. The normalized spacial score (nSPS) is 20.2. The fourth-order valence-electron chi connectivity index (χ4n) is 2.22. The monoisotopic (exact) mass is 253 g/mol. The number of aryl methyl sites for hydroxylation is 1. The fraction of sp³-hybridized carbons (Fsp3) is 0.846. The maximum absolute atomic E-state index is 5.59. The second kappa shape index (κ2) is 7.48. The Balaban J connectivity index is 1.59. The van der Waals surface area contributed by atoms with Gasteiger partial charge in [-0.05, 0) is 32.2 Å². The largest absolute Gasteiger partial charge is 0.373 e. The molecule has 1 aromatic rings. The second-order valence-corrected chi connectivity index (χ2v) is 4.84. The van der Waals surface area contributed by atoms with Gasteiger partial charge in [-0.1, -0.05) is 18.5 Å². The van der Waals surface area contributed by atoms with Crippen LogP contribution in [0.5, 0.6) is 0 Å². The van der Waals surface area contributed by atoms with E-state index in [9.17, 15) is 0 Å². The molecule has 1 atom stereocenters. The molecular formula is C13H23N3O2. The average molecular weight is 253 g/mol. The van der Waals surface area contributed by atoms with Crippen molar-refractivity contribution in [1.82, 2.24) is 15.5 Å². The minimum absolute atomic E-state index is 0.458. The Bertz CT molecular complexity index is 335. The van der Waals surface area contributed by atoms with E-state index in [1.165, 1.54) is 19.3 Å². The highest BCUT2D eigenvalue weighted by molar-refractivity contribution is 4.84. The molecule has 0 radical (unpaired) electrons. The van der Waals surface area contributed by atoms with Gasteiger partial charge in [0, 0.05) is 19.1 Å². The Morgan fingerprint density at radius 2 is 2.39 bits per heavy atom. The quantitative estimate of drug-likeness (QED) is 0.754. The molecule has 0 amide bonds. The van der Waals surface area contributed by atoms with Gasteiger partial charge in [-0.15, -0.1) is 0 Å². The van der Waals surface area contributed by atoms with Crippen molar-refractivity contribution in [2.24, 2.45) is 0 Å². The van der Waals surface area contributed by atoms with Gasteiger partial charge in [0.1, 0.15) is 6.61 Å². The fourth-order valence-corrected chi connectivity index (χ4v) is 2.22. The van der Waals surface area contributed by atoms with E-state index < -0.39 is 0 Å². The van der Waals surface area contributed by atoms with Crippen LogP contribution < -0.4 is 5.32 Å². The average Bonchev–Trinajstić information content (AvgIpc) is 2.84. The van der Waals surface area contributed by atoms with Crippen LogP contribution in [0.3, 0.4) is 0 Å². The molecule has 1 aromatic heterocycles. The van der Waals surface area contributed by atoms with Gasteiger partial charge in [-0.3, -0.25) is 0 Å². The number of hydrogen-bond acceptors (Lipinski definition) is 5. The van der Waals surface area contributed by atoms with E-state index in [0.29, 0.717) is 24.4 Å². The molecule has 5 nitrogen and oxygen atoms in total. The predicted molar refractivity (Wildman–Crippen MR) is 68.2 cm³/mol. The van der Waals surface area contributed by atoms with Crippen LogP contribution in [-0.2, 0) is 17.8 Å². The van der Waals surface area contributed by atoms with Crippen LogP contribution in [0.25, 0.3) is 0 Å². The summed E-state index contributed by atoms with van der Waals surface area (Å²) in [5.74, 6) is 1.38. The smallest absolute Gasteiger partial charge is 0.226 e. The standard InChI is InChI=1S/C13H23N3O2/c1-2-5-13-15-12(16-18-13)10-17-9-7-11-6-3-4-8-14-11/h11,14H,2-10H2,1H3. The van der Waals surface area contributed by atoms with Crippen LogP contribution in [-0.4, -0.2) is 29.3 Å². The van der Waals surface area contributed by atoms with Crippen LogP contribution >= 0.6 is 0 Å². The van der Waals surface area contributed by atoms with Gasteiger partial charge in [-0.2, -0.15) is 4.98 Å². The summed E-state index contributed by atoms with van der Waals surface area (Å²) in [5.41, 5.74) is 0. The molecule has 0 aliphatic carbocycles. The molecule has 1 saturated heterocycles. The van der Waals surface area contributed by atoms with Crippen LogP contribution in [0.1, 0.15) is 50.7 Å². The van der Waals surface area contributed by atoms with E-state index in [1.54, 1.807) is 0 Å². The predicted octanol–water partition coefficient (Wildman–Crippen LogP) is 2.07. The lowest BCUT2D eigenvalue weighted by atomic mass is 10.0. The summed E-state index contributed by atoms with van der Waals surface area (Å²) in [4.78, 5) is 4.27. The molecule has 1 aliphatic rings. The number of hydrogen-bond donors (Lipinski definition) is 1. The van der Waals surface area contributed by atoms with E-state index in [-0.39, 0.29) is 0 Å². The van der Waals surface area contributed by atoms with E-state index in [2.05, 4.69) is 22.4 Å². The Morgan fingerprint density at radius 1 is 1.44 bits per heavy atom. The lowest BCUT2D eigenvalue weighted by Crippen LogP contribution is -2.34. The van der Waals surface area contributed by atoms with Crippen molar-refractivity contribution < 1.29 is 9.26 Å². The summed E-state index contributed by atoms with van der Waals surface area (Å²) in [6.07, 6.45) is 6.85. The molecule has 0 bridgehead atoms. The van der Waals surface area contributed by atoms with Gasteiger partial charge >= 0.3 is 0 Å². The summed E-state index contributed by atoms with van der Waals surface area (Å²) in [6.45, 7) is 4.46. The van der Waals surface area contributed by atoms with Gasteiger partial charge in [0.2, 0.25) is 5.89 Å². The van der Waals surface area contributed by atoms with Crippen molar-refractivity contribution in [2.45, 2.75) is 58.1 Å². The SMILES string of the molecule is CCCc1nc(COCCC2CCCCN2)no1. The molecule has 2 rings (SSSR count). The van der Waals surface area contributed by atoms with Gasteiger partial charge < -0.3 is 14.6 Å². The summed E-state index contributed by atoms with van der Waals surface area (Å²) in [7, 11) is 0. The van der Waals surface area contributed by atoms with Crippen LogP contribution in [0.4, 0.5) is 0 Å². The molecule has 102 valence electrons. The van der Waals surface area contributed by atoms with Crippen molar-refractivity contribution in [3.8, 4) is 0 Å². The Labute approximate surface area is 108 Å². The zero-order valence-electron chi connectivity index (χ0n) is 11.2. The summed E-state index contributed by atoms with van der Waals surface area (Å²) in [6, 6.07) is 0.625. The molecule has 0 saturated carbocycles. The number of nitrogens with zero attached hydrogens (tertiary/aromatic N) is 2. The second-order valence-electron chi connectivity index (χ2n) is 4.84. The van der Waals surface area contributed by atoms with Crippen molar-refractivity contribution in [2.75, 3.05) is 13.2 Å². The maximum Gasteiger partial charge on any atom is 0.226 e. The Kier molecular flexibility index (Phi) is 5.61. The van der Waals surface area contributed by atoms with Gasteiger partial charge in [-0.25, -0.2) is 0 Å². The summed E-state index contributed by atoms with van der Waals surface area (Å²) in [5, 5.41) is 7.40. The van der Waals surface area contributed by atoms with Crippen LogP contribution in [0, 0.1) is 0 Å². The number of nitrogens with one attached hydrogen (secondary N) is 1. The zero-order chi connectivity index (χ0) is 12.6. The van der Waals surface area contributed by atoms with Crippen molar-refractivity contribution in [3.63, 3.8) is 0 Å². The minimum atomic E-state index is 0.458. The molecule has 5 heteroatoms. The molecule has 2 heterocycles.